The summed E-state index contributed by atoms with van der Waals surface area (Å²) in [6.45, 7) is 1.48. The molecule has 164 valence electrons. The van der Waals surface area contributed by atoms with Crippen LogP contribution in [0.3, 0.4) is 0 Å². The van der Waals surface area contributed by atoms with E-state index >= 15 is 0 Å². The third kappa shape index (κ3) is 4.19. The molecule has 0 atom stereocenters. The average molecular weight is 482 g/mol. The van der Waals surface area contributed by atoms with Crippen LogP contribution < -0.4 is 5.32 Å². The number of hydrogen-bond acceptors (Lipinski definition) is 8. The van der Waals surface area contributed by atoms with Crippen molar-refractivity contribution in [3.05, 3.63) is 42.5 Å². The number of benzene rings is 2. The van der Waals surface area contributed by atoms with Crippen molar-refractivity contribution >= 4 is 54.4 Å². The first kappa shape index (κ1) is 21.8. The molecule has 1 aliphatic heterocycles. The molecular formula is C18H19N5O5S3. The quantitative estimate of drug-likeness (QED) is 0.582. The molecule has 1 N–H and O–H groups in total. The summed E-state index contributed by atoms with van der Waals surface area (Å²) >= 11 is 0.942. The van der Waals surface area contributed by atoms with Crippen molar-refractivity contribution < 1.29 is 21.6 Å². The first-order valence-electron chi connectivity index (χ1n) is 9.29. The molecule has 0 spiro atoms. The molecular weight excluding hydrogens is 462 g/mol. The van der Waals surface area contributed by atoms with Crippen LogP contribution in [0.15, 0.2) is 52.3 Å². The summed E-state index contributed by atoms with van der Waals surface area (Å²) in [5.41, 5.74) is 1.32. The number of fused-ring (bicyclic) bond motifs is 1. The molecule has 0 bridgehead atoms. The van der Waals surface area contributed by atoms with E-state index in [4.69, 9.17) is 0 Å². The van der Waals surface area contributed by atoms with Gasteiger partial charge in [-0.15, -0.1) is 0 Å². The predicted molar refractivity (Wildman–Crippen MR) is 116 cm³/mol. The van der Waals surface area contributed by atoms with Crippen LogP contribution in [0, 0.1) is 0 Å². The van der Waals surface area contributed by atoms with Crippen LogP contribution in [0.25, 0.3) is 11.0 Å². The lowest BCUT2D eigenvalue weighted by Gasteiger charge is -2.33. The summed E-state index contributed by atoms with van der Waals surface area (Å²) in [5, 5.41) is 2.58. The van der Waals surface area contributed by atoms with E-state index < -0.39 is 20.0 Å². The zero-order valence-corrected chi connectivity index (χ0v) is 18.9. The molecule has 2 heterocycles. The SMILES string of the molecule is CC(=O)Nc1ccc(S(=O)(=O)N2CCN(S(=O)(=O)c3cccc4nsnc34)CC2)cc1. The molecule has 1 aromatic heterocycles. The summed E-state index contributed by atoms with van der Waals surface area (Å²) in [6.07, 6.45) is 0. The highest BCUT2D eigenvalue weighted by molar-refractivity contribution is 7.89. The Morgan fingerprint density at radius 3 is 2.13 bits per heavy atom. The van der Waals surface area contributed by atoms with Crippen molar-refractivity contribution in [2.75, 3.05) is 31.5 Å². The van der Waals surface area contributed by atoms with E-state index in [1.165, 1.54) is 45.9 Å². The standard InChI is InChI=1S/C18H19N5O5S3/c1-13(24)19-14-5-7-15(8-6-14)30(25,26)22-9-11-23(12-10-22)31(27,28)17-4-2-3-16-18(17)21-29-20-16/h2-8H,9-12H2,1H3,(H,19,24). The maximum Gasteiger partial charge on any atom is 0.245 e. The van der Waals surface area contributed by atoms with Crippen molar-refractivity contribution in [3.63, 3.8) is 0 Å². The molecule has 0 saturated carbocycles. The van der Waals surface area contributed by atoms with Gasteiger partial charge in [-0.05, 0) is 36.4 Å². The Morgan fingerprint density at radius 2 is 1.52 bits per heavy atom. The summed E-state index contributed by atoms with van der Waals surface area (Å²) in [6, 6.07) is 10.6. The molecule has 0 aliphatic carbocycles. The van der Waals surface area contributed by atoms with Crippen LogP contribution in [0.4, 0.5) is 5.69 Å². The van der Waals surface area contributed by atoms with Gasteiger partial charge in [0.1, 0.15) is 15.9 Å². The Hall–Kier alpha value is -2.45. The number of anilines is 1. The van der Waals surface area contributed by atoms with Crippen molar-refractivity contribution in [3.8, 4) is 0 Å². The smallest absolute Gasteiger partial charge is 0.245 e. The lowest BCUT2D eigenvalue weighted by molar-refractivity contribution is -0.114. The number of nitrogens with one attached hydrogen (secondary N) is 1. The number of sulfonamides is 2. The highest BCUT2D eigenvalue weighted by Crippen LogP contribution is 2.26. The average Bonchev–Trinajstić information content (AvgIpc) is 3.22. The Kier molecular flexibility index (Phi) is 5.79. The van der Waals surface area contributed by atoms with E-state index in [9.17, 15) is 21.6 Å². The summed E-state index contributed by atoms with van der Waals surface area (Å²) in [4.78, 5) is 11.3. The predicted octanol–water partition coefficient (Wildman–Crippen LogP) is 1.34. The first-order valence-corrected chi connectivity index (χ1v) is 12.9. The lowest BCUT2D eigenvalue weighted by Crippen LogP contribution is -2.50. The number of aromatic nitrogens is 2. The fourth-order valence-corrected chi connectivity index (χ4v) is 6.94. The van der Waals surface area contributed by atoms with Gasteiger partial charge in [-0.25, -0.2) is 16.8 Å². The Bertz CT molecular complexity index is 1330. The minimum absolute atomic E-state index is 0.0273. The molecule has 13 heteroatoms. The van der Waals surface area contributed by atoms with Gasteiger partial charge in [0.05, 0.1) is 16.6 Å². The molecule has 1 fully saturated rings. The van der Waals surface area contributed by atoms with Crippen LogP contribution in [-0.2, 0) is 24.8 Å². The third-order valence-electron chi connectivity index (χ3n) is 4.88. The van der Waals surface area contributed by atoms with Gasteiger partial charge in [0.2, 0.25) is 26.0 Å². The number of carbonyl (C=O) groups excluding carboxylic acids is 1. The van der Waals surface area contributed by atoms with E-state index in [0.717, 1.165) is 11.7 Å². The number of carbonyl (C=O) groups is 1. The van der Waals surface area contributed by atoms with Gasteiger partial charge in [-0.2, -0.15) is 17.4 Å². The zero-order valence-electron chi connectivity index (χ0n) is 16.4. The minimum atomic E-state index is -3.83. The van der Waals surface area contributed by atoms with Gasteiger partial charge in [0.15, 0.2) is 0 Å². The Labute approximate surface area is 183 Å². The second-order valence-corrected chi connectivity index (χ2v) is 11.3. The van der Waals surface area contributed by atoms with Crippen LogP contribution >= 0.6 is 11.7 Å². The lowest BCUT2D eigenvalue weighted by atomic mass is 10.3. The number of nitrogens with zero attached hydrogens (tertiary/aromatic N) is 4. The Morgan fingerprint density at radius 1 is 0.903 bits per heavy atom. The van der Waals surface area contributed by atoms with Crippen LogP contribution in [0.1, 0.15) is 6.92 Å². The van der Waals surface area contributed by atoms with E-state index in [0.29, 0.717) is 16.7 Å². The summed E-state index contributed by atoms with van der Waals surface area (Å²) < 4.78 is 62.8. The van der Waals surface area contributed by atoms with Crippen molar-refractivity contribution in [2.24, 2.45) is 0 Å². The highest BCUT2D eigenvalue weighted by atomic mass is 32.2. The molecule has 0 unspecified atom stereocenters. The summed E-state index contributed by atoms with van der Waals surface area (Å²) in [7, 11) is -7.62. The molecule has 0 radical (unpaired) electrons. The van der Waals surface area contributed by atoms with Gasteiger partial charge in [-0.3, -0.25) is 4.79 Å². The topological polar surface area (TPSA) is 130 Å². The maximum atomic E-state index is 13.1. The molecule has 1 amide bonds. The van der Waals surface area contributed by atoms with E-state index in [2.05, 4.69) is 14.1 Å². The number of hydrogen-bond donors (Lipinski definition) is 1. The largest absolute Gasteiger partial charge is 0.326 e. The minimum Gasteiger partial charge on any atom is -0.326 e. The Balaban J connectivity index is 1.50. The number of amides is 1. The molecule has 4 rings (SSSR count). The van der Waals surface area contributed by atoms with Crippen LogP contribution in [0.5, 0.6) is 0 Å². The van der Waals surface area contributed by atoms with Gasteiger partial charge >= 0.3 is 0 Å². The highest BCUT2D eigenvalue weighted by Gasteiger charge is 2.34. The van der Waals surface area contributed by atoms with E-state index in [1.807, 2.05) is 0 Å². The van der Waals surface area contributed by atoms with Crippen molar-refractivity contribution in [1.29, 1.82) is 0 Å². The molecule has 10 nitrogen and oxygen atoms in total. The molecule has 31 heavy (non-hydrogen) atoms. The first-order chi connectivity index (χ1) is 14.7. The number of rotatable bonds is 5. The van der Waals surface area contributed by atoms with Crippen molar-refractivity contribution in [1.82, 2.24) is 17.4 Å². The monoisotopic (exact) mass is 481 g/mol. The van der Waals surface area contributed by atoms with Gasteiger partial charge in [0.25, 0.3) is 0 Å². The molecule has 3 aromatic rings. The van der Waals surface area contributed by atoms with Gasteiger partial charge in [-0.1, -0.05) is 6.07 Å². The van der Waals surface area contributed by atoms with E-state index in [1.54, 1.807) is 12.1 Å². The normalized spacial score (nSPS) is 16.4. The molecule has 1 saturated heterocycles. The van der Waals surface area contributed by atoms with Gasteiger partial charge in [0, 0.05) is 38.8 Å². The van der Waals surface area contributed by atoms with Crippen molar-refractivity contribution in [2.45, 2.75) is 16.7 Å². The van der Waals surface area contributed by atoms with Crippen LogP contribution in [0.2, 0.25) is 0 Å². The molecule has 2 aromatic carbocycles. The maximum absolute atomic E-state index is 13.1. The second-order valence-electron chi connectivity index (χ2n) is 6.90. The molecule has 1 aliphatic rings. The summed E-state index contributed by atoms with van der Waals surface area (Å²) in [5.74, 6) is -0.253. The fourth-order valence-electron chi connectivity index (χ4n) is 3.34. The number of piperazine rings is 1. The zero-order chi connectivity index (χ0) is 22.2. The fraction of sp³-hybridized carbons (Fsp3) is 0.278. The van der Waals surface area contributed by atoms with Gasteiger partial charge < -0.3 is 5.32 Å². The van der Waals surface area contributed by atoms with Crippen LogP contribution in [-0.4, -0.2) is 66.3 Å². The van der Waals surface area contributed by atoms with E-state index in [-0.39, 0.29) is 41.9 Å². The second kappa shape index (κ2) is 8.24. The third-order valence-corrected chi connectivity index (χ3v) is 9.26.